The van der Waals surface area contributed by atoms with E-state index in [9.17, 15) is 8.78 Å². The lowest BCUT2D eigenvalue weighted by molar-refractivity contribution is 0.155. The molecule has 544 valence electrons. The molecule has 0 saturated heterocycles. The van der Waals surface area contributed by atoms with Crippen LogP contribution in [0.4, 0.5) is 8.78 Å². The van der Waals surface area contributed by atoms with Crippen molar-refractivity contribution in [1.82, 2.24) is 0 Å². The van der Waals surface area contributed by atoms with Gasteiger partial charge in [0, 0.05) is 5.56 Å². The van der Waals surface area contributed by atoms with Gasteiger partial charge in [-0.25, -0.2) is 8.78 Å². The summed E-state index contributed by atoms with van der Waals surface area (Å²) < 4.78 is 29.2. The largest absolute Gasteiger partial charge is 0.207 e. The van der Waals surface area contributed by atoms with Crippen molar-refractivity contribution in [1.29, 1.82) is 0 Å². The van der Waals surface area contributed by atoms with Gasteiger partial charge in [-0.2, -0.15) is 0 Å². The normalized spacial score (nSPS) is 27.3. The van der Waals surface area contributed by atoms with Gasteiger partial charge in [0.2, 0.25) is 0 Å². The molecule has 2 heteroatoms. The maximum atomic E-state index is 14.8. The Morgan fingerprint density at radius 2 is 0.422 bits per heavy atom. The van der Waals surface area contributed by atoms with Crippen LogP contribution in [0.15, 0.2) is 182 Å². The van der Waals surface area contributed by atoms with Crippen molar-refractivity contribution in [3.63, 3.8) is 0 Å². The van der Waals surface area contributed by atoms with E-state index in [1.54, 1.807) is 54.5 Å². The van der Waals surface area contributed by atoms with Crippen LogP contribution in [0.3, 0.4) is 0 Å². The summed E-state index contributed by atoms with van der Waals surface area (Å²) in [6.45, 7) is 23.0. The summed E-state index contributed by atoms with van der Waals surface area (Å²) in [6.07, 6.45) is 38.9. The third kappa shape index (κ3) is 22.3. The predicted octanol–water partition coefficient (Wildman–Crippen LogP) is 30.7. The third-order valence-corrected chi connectivity index (χ3v) is 26.4. The van der Waals surface area contributed by atoms with Crippen LogP contribution in [-0.2, 0) is 0 Å². The molecule has 7 aliphatic carbocycles. The van der Waals surface area contributed by atoms with Gasteiger partial charge in [0.25, 0.3) is 0 Å². The van der Waals surface area contributed by atoms with Crippen molar-refractivity contribution in [3.8, 4) is 44.5 Å². The molecule has 102 heavy (non-hydrogen) atoms. The Labute approximate surface area is 619 Å². The average Bonchev–Trinajstić information content (AvgIpc) is 0.814. The van der Waals surface area contributed by atoms with Crippen LogP contribution in [0.5, 0.6) is 0 Å². The van der Waals surface area contributed by atoms with E-state index >= 15 is 0 Å². The van der Waals surface area contributed by atoms with Crippen LogP contribution in [0, 0.1) is 85.7 Å². The zero-order valence-corrected chi connectivity index (χ0v) is 65.0. The first-order valence-corrected chi connectivity index (χ1v) is 41.5. The second kappa shape index (κ2) is 38.1. The summed E-state index contributed by atoms with van der Waals surface area (Å²) in [4.78, 5) is 0. The van der Waals surface area contributed by atoms with Crippen molar-refractivity contribution in [2.45, 2.75) is 279 Å². The van der Waals surface area contributed by atoms with Crippen molar-refractivity contribution in [3.05, 3.63) is 238 Å². The minimum Gasteiger partial charge on any atom is -0.207 e. The molecule has 7 aliphatic rings. The summed E-state index contributed by atoms with van der Waals surface area (Å²) in [7, 11) is 0. The fourth-order valence-corrected chi connectivity index (χ4v) is 18.6. The number of halogens is 2. The second-order valence-corrected chi connectivity index (χ2v) is 34.8. The molecule has 7 fully saturated rings. The molecule has 0 bridgehead atoms. The van der Waals surface area contributed by atoms with Gasteiger partial charge in [-0.1, -0.05) is 325 Å². The predicted molar refractivity (Wildman–Crippen MR) is 436 cm³/mol. The molecule has 0 nitrogen and oxygen atoms in total. The Morgan fingerprint density at radius 1 is 0.206 bits per heavy atom. The molecule has 0 heterocycles. The van der Waals surface area contributed by atoms with Gasteiger partial charge in [0.05, 0.1) is 0 Å². The second-order valence-electron chi connectivity index (χ2n) is 34.8. The van der Waals surface area contributed by atoms with Crippen molar-refractivity contribution in [2.24, 2.45) is 53.3 Å². The minimum atomic E-state index is -0.183. The fourth-order valence-electron chi connectivity index (χ4n) is 18.6. The van der Waals surface area contributed by atoms with Gasteiger partial charge >= 0.3 is 0 Å². The van der Waals surface area contributed by atoms with Crippen LogP contribution >= 0.6 is 0 Å². The zero-order valence-electron chi connectivity index (χ0n) is 65.0. The maximum Gasteiger partial charge on any atom is 0.131 e. The molecule has 0 N–H and O–H groups in total. The highest BCUT2D eigenvalue weighted by atomic mass is 19.1. The molecule has 0 radical (unpaired) electrons. The molecule has 0 amide bonds. The number of benzene rings is 8. The van der Waals surface area contributed by atoms with Crippen LogP contribution in [0.2, 0.25) is 0 Å². The molecule has 0 spiro atoms. The van der Waals surface area contributed by atoms with Crippen LogP contribution in [0.25, 0.3) is 44.5 Å². The van der Waals surface area contributed by atoms with Crippen molar-refractivity contribution >= 4 is 0 Å². The molecule has 15 rings (SSSR count). The first-order valence-electron chi connectivity index (χ1n) is 41.5. The van der Waals surface area contributed by atoms with Gasteiger partial charge in [0.1, 0.15) is 11.6 Å². The van der Waals surface area contributed by atoms with Gasteiger partial charge < -0.3 is 0 Å². The molecule has 8 aromatic rings. The first-order chi connectivity index (χ1) is 49.4. The molecular formula is C100H130F2. The van der Waals surface area contributed by atoms with E-state index in [1.165, 1.54) is 175 Å². The smallest absolute Gasteiger partial charge is 0.131 e. The van der Waals surface area contributed by atoms with Gasteiger partial charge in [-0.15, -0.1) is 0 Å². The van der Waals surface area contributed by atoms with E-state index in [1.807, 2.05) is 80.6 Å². The lowest BCUT2D eigenvalue weighted by atomic mass is 9.70. The standard InChI is InChI=1S/C26H33F.C26H34.C20H17F.C14H26.C14H20/c1-18-3-7-20(8-4-18)21-11-13-22(14-12-21)24-15-16-25(26(27)17-24)23-9-5-19(2)6-10-23;1-19-3-7-21(8-4-19)23-11-15-25(16-12-23)26-17-13-24(14-18-26)22-9-5-20(2)6-10-22;1-14-3-7-16(8-4-14)18-11-12-19(20(21)13-18)17-9-5-15(2)6-10-17;2*1-11-3-7-13(8-4-11)14-9-5-12(2)6-10-14/h11-20,23H,3-10H2,1-2H3;11-22H,3-10H2,1-2H3;3-13H,1-2H3;11-14H,3-10H2,1-2H3;3-4,7-8,12,14H,5-6,9-10H2,1-2H3. The average molecular weight is 1370 g/mol. The summed E-state index contributed by atoms with van der Waals surface area (Å²) >= 11 is 0. The minimum absolute atomic E-state index is 0.0163. The van der Waals surface area contributed by atoms with E-state index < -0.39 is 0 Å². The number of aryl methyl sites for hydroxylation is 3. The Balaban J connectivity index is 0.000000131. The quantitative estimate of drug-likeness (QED) is 0.128. The lowest BCUT2D eigenvalue weighted by Gasteiger charge is -2.36. The molecule has 0 atom stereocenters. The molecule has 0 unspecified atom stereocenters. The molecule has 8 aromatic carbocycles. The third-order valence-electron chi connectivity index (χ3n) is 26.4. The molecule has 7 saturated carbocycles. The monoisotopic (exact) mass is 1370 g/mol. The number of hydrogen-bond acceptors (Lipinski definition) is 0. The van der Waals surface area contributed by atoms with E-state index in [0.717, 1.165) is 117 Å². The van der Waals surface area contributed by atoms with Crippen molar-refractivity contribution < 1.29 is 8.78 Å². The van der Waals surface area contributed by atoms with E-state index in [4.69, 9.17) is 0 Å². The zero-order chi connectivity index (χ0) is 71.5. The van der Waals surface area contributed by atoms with Crippen LogP contribution in [-0.4, -0.2) is 0 Å². The topological polar surface area (TPSA) is 0 Å². The summed E-state index contributed by atoms with van der Waals surface area (Å²) in [5, 5.41) is 0. The SMILES string of the molecule is CC1CCC(C2CCC(C)CC2)CC1.CC1CCC(c2ccc(-c3ccc(C4CCC(C)CC4)c(F)c3)cc2)CC1.CC1CCC(c2ccc(-c3ccc(C4CCC(C)CC4)cc3)cc2)CC1.Cc1ccc(-c2ccc(-c3ccc(C)cc3)c(F)c2)cc1.Cc1ccc(C2CCC(C)CC2)cc1. The lowest BCUT2D eigenvalue weighted by Crippen LogP contribution is -2.24. The summed E-state index contributed by atoms with van der Waals surface area (Å²) in [5.41, 5.74) is 19.2. The molecule has 0 aliphatic heterocycles. The highest BCUT2D eigenvalue weighted by Gasteiger charge is 2.30. The molecule has 0 aromatic heterocycles. The van der Waals surface area contributed by atoms with E-state index in [0.29, 0.717) is 17.4 Å². The molecular weight excluding hydrogens is 1240 g/mol. The van der Waals surface area contributed by atoms with Gasteiger partial charge in [-0.3, -0.25) is 0 Å². The van der Waals surface area contributed by atoms with E-state index in [-0.39, 0.29) is 11.6 Å². The number of hydrogen-bond donors (Lipinski definition) is 0. The van der Waals surface area contributed by atoms with E-state index in [2.05, 4.69) is 159 Å². The Kier molecular flexibility index (Phi) is 28.6. The Hall–Kier alpha value is -6.38. The number of rotatable bonds is 10. The Morgan fingerprint density at radius 3 is 0.716 bits per heavy atom. The first kappa shape index (κ1) is 76.7. The summed E-state index contributed by atoms with van der Waals surface area (Å²) in [6, 6.07) is 64.3. The van der Waals surface area contributed by atoms with Crippen molar-refractivity contribution in [2.75, 3.05) is 0 Å². The summed E-state index contributed by atoms with van der Waals surface area (Å²) in [5.74, 6) is 12.1. The highest BCUT2D eigenvalue weighted by Crippen LogP contribution is 2.44. The van der Waals surface area contributed by atoms with Gasteiger partial charge in [0.15, 0.2) is 0 Å². The van der Waals surface area contributed by atoms with Crippen LogP contribution in [0.1, 0.15) is 302 Å². The highest BCUT2D eigenvalue weighted by molar-refractivity contribution is 5.71. The van der Waals surface area contributed by atoms with Gasteiger partial charge in [-0.05, 0) is 272 Å². The Bertz CT molecular complexity index is 3620. The maximum absolute atomic E-state index is 14.8. The fraction of sp³-hybridized carbons (Fsp3) is 0.520. The van der Waals surface area contributed by atoms with Crippen LogP contribution < -0.4 is 0 Å².